The highest BCUT2D eigenvalue weighted by Gasteiger charge is 2.14. The van der Waals surface area contributed by atoms with Crippen LogP contribution in [0, 0.1) is 0 Å². The van der Waals surface area contributed by atoms with Gasteiger partial charge in [-0.25, -0.2) is 14.8 Å². The van der Waals surface area contributed by atoms with E-state index in [9.17, 15) is 4.79 Å². The summed E-state index contributed by atoms with van der Waals surface area (Å²) in [5, 5.41) is 1.00. The number of nitrogen functional groups attached to an aromatic ring is 1. The zero-order valence-electron chi connectivity index (χ0n) is 11.1. The molecule has 2 aromatic heterocycles. The van der Waals surface area contributed by atoms with E-state index in [1.54, 1.807) is 6.07 Å². The maximum atomic E-state index is 11.6. The summed E-state index contributed by atoms with van der Waals surface area (Å²) >= 11 is 1.21. The molecular formula is C14H11N3O3S. The van der Waals surface area contributed by atoms with Gasteiger partial charge in [0.2, 0.25) is 0 Å². The Hall–Kier alpha value is -2.54. The van der Waals surface area contributed by atoms with Crippen LogP contribution in [0.15, 0.2) is 51.2 Å². The number of ether oxygens (including phenoxy) is 1. The van der Waals surface area contributed by atoms with Crippen LogP contribution >= 0.6 is 11.8 Å². The number of esters is 1. The third-order valence-corrected chi connectivity index (χ3v) is 3.56. The Morgan fingerprint density at radius 3 is 2.95 bits per heavy atom. The molecule has 0 unspecified atom stereocenters. The zero-order valence-corrected chi connectivity index (χ0v) is 11.9. The second-order valence-electron chi connectivity index (χ2n) is 4.15. The Morgan fingerprint density at radius 1 is 1.38 bits per heavy atom. The van der Waals surface area contributed by atoms with Crippen LogP contribution in [-0.4, -0.2) is 23.0 Å². The molecule has 0 spiro atoms. The van der Waals surface area contributed by atoms with Crippen molar-refractivity contribution in [2.45, 2.75) is 10.2 Å². The molecule has 1 aromatic carbocycles. The molecule has 0 saturated heterocycles. The number of rotatable bonds is 3. The summed E-state index contributed by atoms with van der Waals surface area (Å²) in [5.74, 6) is -0.505. The Labute approximate surface area is 124 Å². The predicted molar refractivity (Wildman–Crippen MR) is 78.1 cm³/mol. The van der Waals surface area contributed by atoms with Gasteiger partial charge in [-0.1, -0.05) is 12.1 Å². The van der Waals surface area contributed by atoms with Crippen LogP contribution in [0.5, 0.6) is 0 Å². The van der Waals surface area contributed by atoms with Crippen molar-refractivity contribution in [3.8, 4) is 0 Å². The van der Waals surface area contributed by atoms with Crippen molar-refractivity contribution in [2.75, 3.05) is 12.8 Å². The summed E-state index contributed by atoms with van der Waals surface area (Å²) in [6, 6.07) is 9.01. The van der Waals surface area contributed by atoms with Gasteiger partial charge in [0.05, 0.1) is 24.6 Å². The molecule has 106 valence electrons. The number of hydrogen-bond acceptors (Lipinski definition) is 7. The summed E-state index contributed by atoms with van der Waals surface area (Å²) in [7, 11) is 1.30. The maximum Gasteiger partial charge on any atom is 0.340 e. The molecule has 0 aliphatic carbocycles. The molecule has 7 heteroatoms. The normalized spacial score (nSPS) is 10.7. The van der Waals surface area contributed by atoms with Crippen molar-refractivity contribution in [3.05, 3.63) is 42.1 Å². The van der Waals surface area contributed by atoms with Gasteiger partial charge in [0.1, 0.15) is 10.5 Å². The molecule has 0 bridgehead atoms. The number of para-hydroxylation sites is 2. The van der Waals surface area contributed by atoms with E-state index >= 15 is 0 Å². The van der Waals surface area contributed by atoms with Crippen molar-refractivity contribution < 1.29 is 13.9 Å². The Kier molecular flexibility index (Phi) is 3.49. The number of nitrogens with two attached hydrogens (primary N) is 1. The molecule has 3 rings (SSSR count). The third kappa shape index (κ3) is 2.68. The molecule has 0 aliphatic heterocycles. The molecular weight excluding hydrogens is 290 g/mol. The number of pyridine rings is 1. The molecule has 0 radical (unpaired) electrons. The van der Waals surface area contributed by atoms with Crippen LogP contribution in [0.2, 0.25) is 0 Å². The summed E-state index contributed by atoms with van der Waals surface area (Å²) in [6.45, 7) is 0. The first-order valence-electron chi connectivity index (χ1n) is 6.04. The van der Waals surface area contributed by atoms with E-state index in [-0.39, 0.29) is 11.3 Å². The lowest BCUT2D eigenvalue weighted by Crippen LogP contribution is -2.06. The van der Waals surface area contributed by atoms with Gasteiger partial charge in [0.25, 0.3) is 5.22 Å². The number of oxazole rings is 1. The first-order chi connectivity index (χ1) is 10.2. The molecule has 0 atom stereocenters. The fourth-order valence-electron chi connectivity index (χ4n) is 1.77. The smallest absolute Gasteiger partial charge is 0.340 e. The van der Waals surface area contributed by atoms with Crippen LogP contribution in [0.25, 0.3) is 11.1 Å². The van der Waals surface area contributed by atoms with E-state index in [0.717, 1.165) is 5.52 Å². The second kappa shape index (κ2) is 5.45. The Morgan fingerprint density at radius 2 is 2.19 bits per heavy atom. The van der Waals surface area contributed by atoms with Gasteiger partial charge in [-0.3, -0.25) is 0 Å². The topological polar surface area (TPSA) is 91.2 Å². The highest BCUT2D eigenvalue weighted by molar-refractivity contribution is 7.99. The van der Waals surface area contributed by atoms with E-state index in [1.807, 2.05) is 24.3 Å². The lowest BCUT2D eigenvalue weighted by molar-refractivity contribution is 0.0601. The van der Waals surface area contributed by atoms with Gasteiger partial charge < -0.3 is 14.9 Å². The monoisotopic (exact) mass is 301 g/mol. The molecule has 2 heterocycles. The van der Waals surface area contributed by atoms with Gasteiger partial charge in [-0.05, 0) is 30.0 Å². The zero-order chi connectivity index (χ0) is 14.8. The van der Waals surface area contributed by atoms with Gasteiger partial charge in [-0.15, -0.1) is 0 Å². The lowest BCUT2D eigenvalue weighted by Gasteiger charge is -2.04. The van der Waals surface area contributed by atoms with E-state index in [0.29, 0.717) is 15.8 Å². The van der Waals surface area contributed by atoms with E-state index in [4.69, 9.17) is 10.2 Å². The third-order valence-electron chi connectivity index (χ3n) is 2.78. The number of aromatic nitrogens is 2. The number of carbonyl (C=O) groups is 1. The second-order valence-corrected chi connectivity index (χ2v) is 5.12. The molecule has 6 nitrogen and oxygen atoms in total. The van der Waals surface area contributed by atoms with E-state index in [1.165, 1.54) is 25.1 Å². The van der Waals surface area contributed by atoms with Crippen molar-refractivity contribution in [2.24, 2.45) is 0 Å². The van der Waals surface area contributed by atoms with E-state index in [2.05, 4.69) is 14.7 Å². The van der Waals surface area contributed by atoms with Crippen LogP contribution in [0.1, 0.15) is 10.4 Å². The number of benzene rings is 1. The number of hydrogen-bond donors (Lipinski definition) is 1. The maximum absolute atomic E-state index is 11.6. The number of carbonyl (C=O) groups excluding carboxylic acids is 1. The molecule has 0 aliphatic rings. The average molecular weight is 301 g/mol. The van der Waals surface area contributed by atoms with Gasteiger partial charge in [0.15, 0.2) is 5.58 Å². The Bertz CT molecular complexity index is 783. The van der Waals surface area contributed by atoms with E-state index < -0.39 is 5.97 Å². The van der Waals surface area contributed by atoms with Crippen molar-refractivity contribution >= 4 is 34.5 Å². The predicted octanol–water partition coefficient (Wildman–Crippen LogP) is 2.74. The van der Waals surface area contributed by atoms with Gasteiger partial charge in [-0.2, -0.15) is 0 Å². The summed E-state index contributed by atoms with van der Waals surface area (Å²) in [4.78, 5) is 20.1. The molecule has 3 aromatic rings. The molecule has 0 amide bonds. The summed E-state index contributed by atoms with van der Waals surface area (Å²) < 4.78 is 10.3. The number of fused-ring (bicyclic) bond motifs is 1. The lowest BCUT2D eigenvalue weighted by atomic mass is 10.2. The average Bonchev–Trinajstić information content (AvgIpc) is 2.90. The quantitative estimate of drug-likeness (QED) is 0.744. The van der Waals surface area contributed by atoms with Gasteiger partial charge in [0, 0.05) is 0 Å². The number of anilines is 1. The van der Waals surface area contributed by atoms with Crippen LogP contribution in [0.3, 0.4) is 0 Å². The number of nitrogens with zero attached hydrogens (tertiary/aromatic N) is 2. The standard InChI is InChI=1S/C14H11N3O3S/c1-19-13(18)8-6-12(16-7-9(8)15)21-14-17-10-4-2-3-5-11(10)20-14/h2-7H,15H2,1H3. The fourth-order valence-corrected chi connectivity index (χ4v) is 2.51. The van der Waals surface area contributed by atoms with Crippen LogP contribution in [-0.2, 0) is 4.74 Å². The van der Waals surface area contributed by atoms with Crippen molar-refractivity contribution in [3.63, 3.8) is 0 Å². The van der Waals surface area contributed by atoms with Gasteiger partial charge >= 0.3 is 5.97 Å². The molecule has 2 N–H and O–H groups in total. The minimum atomic E-state index is -0.505. The molecule has 21 heavy (non-hydrogen) atoms. The van der Waals surface area contributed by atoms with Crippen molar-refractivity contribution in [1.29, 1.82) is 0 Å². The number of methoxy groups -OCH3 is 1. The van der Waals surface area contributed by atoms with Crippen LogP contribution in [0.4, 0.5) is 5.69 Å². The van der Waals surface area contributed by atoms with Crippen LogP contribution < -0.4 is 5.73 Å². The Balaban J connectivity index is 1.92. The highest BCUT2D eigenvalue weighted by atomic mass is 32.2. The minimum Gasteiger partial charge on any atom is -0.465 e. The molecule has 0 fully saturated rings. The first kappa shape index (κ1) is 13.4. The van der Waals surface area contributed by atoms with Crippen molar-refractivity contribution in [1.82, 2.24) is 9.97 Å². The minimum absolute atomic E-state index is 0.267. The SMILES string of the molecule is COC(=O)c1cc(Sc2nc3ccccc3o2)ncc1N. The fraction of sp³-hybridized carbons (Fsp3) is 0.0714. The largest absolute Gasteiger partial charge is 0.465 e. The highest BCUT2D eigenvalue weighted by Crippen LogP contribution is 2.30. The first-order valence-corrected chi connectivity index (χ1v) is 6.86. The summed E-state index contributed by atoms with van der Waals surface area (Å²) in [5.41, 5.74) is 7.71. The molecule has 0 saturated carbocycles. The summed E-state index contributed by atoms with van der Waals surface area (Å²) in [6.07, 6.45) is 1.41.